The second-order valence-corrected chi connectivity index (χ2v) is 14.8. The van der Waals surface area contributed by atoms with Gasteiger partial charge in [-0.2, -0.15) is 0 Å². The van der Waals surface area contributed by atoms with Crippen molar-refractivity contribution < 1.29 is 24.2 Å². The summed E-state index contributed by atoms with van der Waals surface area (Å²) in [5.74, 6) is 1.19. The highest BCUT2D eigenvalue weighted by Gasteiger charge is 2.65. The number of aliphatic hydroxyl groups is 1. The lowest BCUT2D eigenvalue weighted by atomic mass is 9.38. The van der Waals surface area contributed by atoms with Crippen LogP contribution in [0.25, 0.3) is 0 Å². The second kappa shape index (κ2) is 15.5. The van der Waals surface area contributed by atoms with Crippen molar-refractivity contribution in [2.75, 3.05) is 19.9 Å². The Morgan fingerprint density at radius 1 is 1.16 bits per heavy atom. The zero-order valence-electron chi connectivity index (χ0n) is 27.6. The standard InChI is InChI=1S/C36H55ClN2O5/c1-6-8-15-43-23-39-32(24(3)4)33(41)44-31(30(40)7-2)16-25(5)13-14-38-34(42)36-19-26-17-28(20-35(18-26,21-36)22-36)27-9-11-29(37)12-10-27/h9,11,16,24,26,28,32,39-40H,6-8,10,12-15,17-23H2,1-5H3,(H,38,42)/b25-16+,31-30-. The molecule has 1 spiro atoms. The van der Waals surface area contributed by atoms with E-state index in [1.165, 1.54) is 19.3 Å². The Morgan fingerprint density at radius 3 is 2.57 bits per heavy atom. The van der Waals surface area contributed by atoms with E-state index in [0.717, 1.165) is 55.6 Å². The van der Waals surface area contributed by atoms with Gasteiger partial charge in [-0.15, -0.1) is 0 Å². The normalized spacial score (nSPS) is 29.2. The van der Waals surface area contributed by atoms with E-state index < -0.39 is 12.0 Å². The van der Waals surface area contributed by atoms with Crippen molar-refractivity contribution in [2.45, 2.75) is 118 Å². The number of rotatable bonds is 16. The first kappa shape index (κ1) is 34.8. The van der Waals surface area contributed by atoms with Crippen molar-refractivity contribution in [3.05, 3.63) is 45.9 Å². The number of carbonyl (C=O) groups is 2. The Kier molecular flexibility index (Phi) is 12.2. The second-order valence-electron chi connectivity index (χ2n) is 14.3. The lowest BCUT2D eigenvalue weighted by Crippen LogP contribution is -2.62. The number of hydrogen-bond acceptors (Lipinski definition) is 6. The Morgan fingerprint density at radius 2 is 1.93 bits per heavy atom. The predicted molar refractivity (Wildman–Crippen MR) is 176 cm³/mol. The summed E-state index contributed by atoms with van der Waals surface area (Å²) in [7, 11) is 0. The molecule has 3 bridgehead atoms. The Balaban J connectivity index is 1.27. The SMILES string of the molecule is CCCCOCNC(C(=O)OC(/C=C(\C)CCNC(=O)C12CC3CC(C4=CC=C(Cl)CC4)CC(C3)(C1)C2)=C(\O)CC)C(C)C. The molecular formula is C36H55ClN2O5. The van der Waals surface area contributed by atoms with E-state index in [-0.39, 0.29) is 35.5 Å². The zero-order chi connectivity index (χ0) is 31.9. The van der Waals surface area contributed by atoms with Crippen LogP contribution in [0.5, 0.6) is 0 Å². The van der Waals surface area contributed by atoms with Gasteiger partial charge in [0.1, 0.15) is 11.8 Å². The van der Waals surface area contributed by atoms with Crippen LogP contribution in [0.4, 0.5) is 0 Å². The molecule has 4 saturated carbocycles. The molecule has 0 heterocycles. The summed E-state index contributed by atoms with van der Waals surface area (Å²) in [6, 6.07) is -0.561. The van der Waals surface area contributed by atoms with Crippen LogP contribution < -0.4 is 10.6 Å². The number of halogens is 1. The number of aliphatic hydroxyl groups excluding tert-OH is 1. The van der Waals surface area contributed by atoms with Crippen molar-refractivity contribution in [2.24, 2.45) is 28.6 Å². The zero-order valence-corrected chi connectivity index (χ0v) is 28.4. The molecule has 8 heteroatoms. The number of esters is 1. The molecule has 4 fully saturated rings. The average Bonchev–Trinajstić information content (AvgIpc) is 2.97. The third kappa shape index (κ3) is 8.58. The predicted octanol–water partition coefficient (Wildman–Crippen LogP) is 7.98. The summed E-state index contributed by atoms with van der Waals surface area (Å²) < 4.78 is 11.3. The molecule has 3 unspecified atom stereocenters. The highest BCUT2D eigenvalue weighted by Crippen LogP contribution is 2.71. The van der Waals surface area contributed by atoms with Gasteiger partial charge in [0.25, 0.3) is 0 Å². The smallest absolute Gasteiger partial charge is 0.328 e. The van der Waals surface area contributed by atoms with Crippen LogP contribution in [-0.2, 0) is 19.1 Å². The van der Waals surface area contributed by atoms with E-state index in [2.05, 4.69) is 29.7 Å². The van der Waals surface area contributed by atoms with Crippen LogP contribution in [0.2, 0.25) is 0 Å². The van der Waals surface area contributed by atoms with E-state index in [1.807, 2.05) is 27.7 Å². The van der Waals surface area contributed by atoms with Gasteiger partial charge in [-0.05, 0) is 106 Å². The van der Waals surface area contributed by atoms with Crippen LogP contribution >= 0.6 is 11.6 Å². The molecule has 3 N–H and O–H groups in total. The molecule has 44 heavy (non-hydrogen) atoms. The third-order valence-corrected chi connectivity index (χ3v) is 10.6. The van der Waals surface area contributed by atoms with Gasteiger partial charge in [0.15, 0.2) is 5.76 Å². The first-order chi connectivity index (χ1) is 21.0. The quantitative estimate of drug-likeness (QED) is 0.0526. The minimum Gasteiger partial charge on any atom is -0.508 e. The van der Waals surface area contributed by atoms with Crippen LogP contribution in [0.3, 0.4) is 0 Å². The molecule has 0 saturated heterocycles. The summed E-state index contributed by atoms with van der Waals surface area (Å²) in [6.07, 6.45) is 17.8. The van der Waals surface area contributed by atoms with Gasteiger partial charge in [-0.1, -0.05) is 62.9 Å². The summed E-state index contributed by atoms with van der Waals surface area (Å²) in [4.78, 5) is 26.5. The van der Waals surface area contributed by atoms with Crippen molar-refractivity contribution in [3.8, 4) is 0 Å². The lowest BCUT2D eigenvalue weighted by Gasteiger charge is -2.66. The van der Waals surface area contributed by atoms with Gasteiger partial charge in [0.05, 0.1) is 12.1 Å². The van der Waals surface area contributed by atoms with Gasteiger partial charge >= 0.3 is 5.97 Å². The van der Waals surface area contributed by atoms with E-state index in [4.69, 9.17) is 21.1 Å². The van der Waals surface area contributed by atoms with E-state index in [1.54, 1.807) is 11.6 Å². The van der Waals surface area contributed by atoms with Gasteiger partial charge in [0, 0.05) is 24.6 Å². The fourth-order valence-electron chi connectivity index (χ4n) is 8.25. The van der Waals surface area contributed by atoms with Gasteiger partial charge in [-0.3, -0.25) is 10.1 Å². The molecule has 1 amide bonds. The van der Waals surface area contributed by atoms with Gasteiger partial charge < -0.3 is 19.9 Å². The van der Waals surface area contributed by atoms with Crippen LogP contribution in [0.1, 0.15) is 112 Å². The highest BCUT2D eigenvalue weighted by atomic mass is 35.5. The summed E-state index contributed by atoms with van der Waals surface area (Å²) in [6.45, 7) is 11.2. The van der Waals surface area contributed by atoms with Gasteiger partial charge in [0.2, 0.25) is 5.91 Å². The maximum Gasteiger partial charge on any atom is 0.328 e. The minimum atomic E-state index is -0.561. The van der Waals surface area contributed by atoms with E-state index >= 15 is 0 Å². The molecule has 5 aliphatic carbocycles. The number of hydrogen-bond donors (Lipinski definition) is 3. The summed E-state index contributed by atoms with van der Waals surface area (Å²) in [5, 5.41) is 17.9. The largest absolute Gasteiger partial charge is 0.508 e. The summed E-state index contributed by atoms with van der Waals surface area (Å²) >= 11 is 6.21. The molecule has 5 aliphatic rings. The van der Waals surface area contributed by atoms with Crippen LogP contribution in [-0.4, -0.2) is 42.9 Å². The molecule has 0 aliphatic heterocycles. The molecule has 0 radical (unpaired) electrons. The topological polar surface area (TPSA) is 96.9 Å². The molecule has 0 aromatic rings. The lowest BCUT2D eigenvalue weighted by molar-refractivity contribution is -0.178. The average molecular weight is 631 g/mol. The first-order valence-corrected chi connectivity index (χ1v) is 17.3. The minimum absolute atomic E-state index is 0.0154. The van der Waals surface area contributed by atoms with Crippen molar-refractivity contribution in [1.82, 2.24) is 10.6 Å². The fourth-order valence-corrected chi connectivity index (χ4v) is 8.41. The monoisotopic (exact) mass is 630 g/mol. The Hall–Kier alpha value is -2.09. The first-order valence-electron chi connectivity index (χ1n) is 17.0. The van der Waals surface area contributed by atoms with Crippen molar-refractivity contribution >= 4 is 23.5 Å². The molecular weight excluding hydrogens is 576 g/mol. The number of carbonyl (C=O) groups excluding carboxylic acids is 2. The number of amides is 1. The van der Waals surface area contributed by atoms with Crippen molar-refractivity contribution in [3.63, 3.8) is 0 Å². The Bertz CT molecular complexity index is 1160. The number of ether oxygens (including phenoxy) is 2. The fraction of sp³-hybridized carbons (Fsp3) is 0.722. The van der Waals surface area contributed by atoms with Crippen LogP contribution in [0, 0.1) is 28.6 Å². The number of nitrogens with one attached hydrogen (secondary N) is 2. The summed E-state index contributed by atoms with van der Waals surface area (Å²) in [5.41, 5.74) is 2.60. The Labute approximate surface area is 269 Å². The molecule has 3 atom stereocenters. The molecule has 246 valence electrons. The van der Waals surface area contributed by atoms with Crippen LogP contribution in [0.15, 0.2) is 45.9 Å². The maximum atomic E-state index is 13.5. The van der Waals surface area contributed by atoms with E-state index in [0.29, 0.717) is 43.2 Å². The number of allylic oxidation sites excluding steroid dienone is 6. The maximum absolute atomic E-state index is 13.5. The van der Waals surface area contributed by atoms with E-state index in [9.17, 15) is 14.7 Å². The van der Waals surface area contributed by atoms with Crippen molar-refractivity contribution in [1.29, 1.82) is 0 Å². The molecule has 7 nitrogen and oxygen atoms in total. The number of unbranched alkanes of at least 4 members (excludes halogenated alkanes) is 1. The molecule has 0 aromatic heterocycles. The molecule has 0 aromatic carbocycles. The molecule has 5 rings (SSSR count). The van der Waals surface area contributed by atoms with Gasteiger partial charge in [-0.25, -0.2) is 4.79 Å². The third-order valence-electron chi connectivity index (χ3n) is 10.2. The highest BCUT2D eigenvalue weighted by molar-refractivity contribution is 6.29.